The Hall–Kier alpha value is -3.50. The van der Waals surface area contributed by atoms with Crippen LogP contribution in [-0.2, 0) is 14.8 Å². The molecule has 1 N–H and O–H groups in total. The smallest absolute Gasteiger partial charge is 0.248 e. The summed E-state index contributed by atoms with van der Waals surface area (Å²) in [5, 5.41) is 6.71. The molecule has 8 nitrogen and oxygen atoms in total. The summed E-state index contributed by atoms with van der Waals surface area (Å²) >= 11 is 0. The monoisotopic (exact) mass is 513 g/mol. The maximum atomic E-state index is 13.9. The molecule has 1 aromatic heterocycles. The number of ether oxygens (including phenoxy) is 1. The molecule has 2 aromatic carbocycles. The van der Waals surface area contributed by atoms with Crippen LogP contribution in [0.25, 0.3) is 12.2 Å². The summed E-state index contributed by atoms with van der Waals surface area (Å²) in [6.07, 6.45) is 3.62. The highest BCUT2D eigenvalue weighted by atomic mass is 32.2. The number of hydrogen-bond acceptors (Lipinski definition) is 6. The number of carbonyl (C=O) groups excluding carboxylic acids is 1. The van der Waals surface area contributed by atoms with Crippen LogP contribution in [0.5, 0.6) is 5.75 Å². The zero-order valence-corrected chi connectivity index (χ0v) is 20.9. The average Bonchev–Trinajstić information content (AvgIpc) is 3.26. The van der Waals surface area contributed by atoms with E-state index in [0.29, 0.717) is 30.7 Å². The molecule has 0 radical (unpaired) electrons. The second kappa shape index (κ2) is 11.0. The van der Waals surface area contributed by atoms with Crippen LogP contribution in [0.2, 0.25) is 0 Å². The van der Waals surface area contributed by atoms with Crippen molar-refractivity contribution in [3.05, 3.63) is 71.4 Å². The Morgan fingerprint density at radius 3 is 2.53 bits per heavy atom. The van der Waals surface area contributed by atoms with Gasteiger partial charge in [0.15, 0.2) is 10.7 Å². The number of rotatable bonds is 8. The lowest BCUT2D eigenvalue weighted by atomic mass is 9.97. The Balaban J connectivity index is 1.42. The van der Waals surface area contributed by atoms with Gasteiger partial charge in [-0.1, -0.05) is 23.4 Å². The van der Waals surface area contributed by atoms with Gasteiger partial charge in [-0.05, 0) is 69.2 Å². The zero-order valence-electron chi connectivity index (χ0n) is 20.1. The maximum Gasteiger partial charge on any atom is 0.248 e. The highest BCUT2D eigenvalue weighted by molar-refractivity contribution is 7.89. The molecule has 0 aliphatic carbocycles. The largest absolute Gasteiger partial charge is 0.494 e. The van der Waals surface area contributed by atoms with Gasteiger partial charge in [0.2, 0.25) is 15.9 Å². The molecule has 1 aliphatic heterocycles. The van der Waals surface area contributed by atoms with Gasteiger partial charge in [-0.2, -0.15) is 4.31 Å². The Morgan fingerprint density at radius 1 is 1.17 bits per heavy atom. The van der Waals surface area contributed by atoms with Gasteiger partial charge in [0.1, 0.15) is 17.3 Å². The molecule has 0 unspecified atom stereocenters. The molecule has 190 valence electrons. The Labute approximate surface area is 209 Å². The predicted octanol–water partition coefficient (Wildman–Crippen LogP) is 4.73. The van der Waals surface area contributed by atoms with E-state index >= 15 is 0 Å². The molecule has 2 heterocycles. The van der Waals surface area contributed by atoms with E-state index in [1.54, 1.807) is 49.4 Å². The van der Waals surface area contributed by atoms with Gasteiger partial charge >= 0.3 is 0 Å². The molecule has 1 aliphatic rings. The lowest BCUT2D eigenvalue weighted by Crippen LogP contribution is -2.41. The number of nitrogens with one attached hydrogen (secondary N) is 1. The van der Waals surface area contributed by atoms with Crippen molar-refractivity contribution in [1.82, 2.24) is 9.46 Å². The van der Waals surface area contributed by atoms with E-state index in [2.05, 4.69) is 10.5 Å². The third-order valence-electron chi connectivity index (χ3n) is 6.01. The summed E-state index contributed by atoms with van der Waals surface area (Å²) in [5.74, 6) is -0.134. The zero-order chi connectivity index (χ0) is 25.7. The molecule has 3 aromatic rings. The van der Waals surface area contributed by atoms with Crippen molar-refractivity contribution in [2.45, 2.75) is 31.6 Å². The predicted molar refractivity (Wildman–Crippen MR) is 134 cm³/mol. The number of halogens is 1. The quantitative estimate of drug-likeness (QED) is 0.467. The maximum absolute atomic E-state index is 13.9. The summed E-state index contributed by atoms with van der Waals surface area (Å²) in [7, 11) is -3.93. The molecule has 1 amide bonds. The molecule has 10 heteroatoms. The summed E-state index contributed by atoms with van der Waals surface area (Å²) in [5.41, 5.74) is 1.18. The van der Waals surface area contributed by atoms with E-state index in [-0.39, 0.29) is 41.3 Å². The van der Waals surface area contributed by atoms with Crippen LogP contribution in [0, 0.1) is 18.7 Å². The van der Waals surface area contributed by atoms with E-state index in [1.165, 1.54) is 22.5 Å². The number of anilines is 1. The lowest BCUT2D eigenvalue weighted by Gasteiger charge is -2.30. The van der Waals surface area contributed by atoms with E-state index < -0.39 is 15.8 Å². The van der Waals surface area contributed by atoms with E-state index in [1.807, 2.05) is 6.92 Å². The molecule has 36 heavy (non-hydrogen) atoms. The minimum absolute atomic E-state index is 0.0334. The van der Waals surface area contributed by atoms with Gasteiger partial charge in [0.05, 0.1) is 6.61 Å². The number of benzene rings is 2. The van der Waals surface area contributed by atoms with Crippen LogP contribution >= 0.6 is 0 Å². The van der Waals surface area contributed by atoms with E-state index in [9.17, 15) is 17.6 Å². The molecule has 1 saturated heterocycles. The SMILES string of the molecule is CCOc1ccc(NC(=O)C2CCN(S(=O)(=O)c3c(C)noc3C=Cc3ccccc3F)CC2)cc1. The fraction of sp³-hybridized carbons (Fsp3) is 0.308. The van der Waals surface area contributed by atoms with Crippen molar-refractivity contribution in [3.8, 4) is 5.75 Å². The first-order valence-corrected chi connectivity index (χ1v) is 13.2. The normalized spacial score (nSPS) is 15.3. The summed E-state index contributed by atoms with van der Waals surface area (Å²) in [4.78, 5) is 12.7. The minimum Gasteiger partial charge on any atom is -0.494 e. The first-order chi connectivity index (χ1) is 17.3. The number of nitrogens with zero attached hydrogens (tertiary/aromatic N) is 2. The second-order valence-electron chi connectivity index (χ2n) is 8.44. The van der Waals surface area contributed by atoms with Gasteiger partial charge in [0, 0.05) is 30.3 Å². The van der Waals surface area contributed by atoms with Crippen molar-refractivity contribution in [3.63, 3.8) is 0 Å². The van der Waals surface area contributed by atoms with Crippen molar-refractivity contribution in [1.29, 1.82) is 0 Å². The summed E-state index contributed by atoms with van der Waals surface area (Å²) in [6, 6.07) is 13.3. The fourth-order valence-electron chi connectivity index (χ4n) is 4.11. The van der Waals surface area contributed by atoms with Crippen molar-refractivity contribution in [2.75, 3.05) is 25.0 Å². The number of aryl methyl sites for hydroxylation is 1. The number of carbonyl (C=O) groups is 1. The molecule has 1 fully saturated rings. The van der Waals surface area contributed by atoms with Gasteiger partial charge in [-0.25, -0.2) is 12.8 Å². The number of sulfonamides is 1. The van der Waals surface area contributed by atoms with E-state index in [0.717, 1.165) is 5.75 Å². The second-order valence-corrected chi connectivity index (χ2v) is 10.3. The first-order valence-electron chi connectivity index (χ1n) is 11.7. The molecule has 0 spiro atoms. The number of hydrogen-bond donors (Lipinski definition) is 1. The highest BCUT2D eigenvalue weighted by Crippen LogP contribution is 2.30. The molecular weight excluding hydrogens is 485 g/mol. The number of piperidine rings is 1. The van der Waals surface area contributed by atoms with Crippen LogP contribution < -0.4 is 10.1 Å². The molecule has 0 bridgehead atoms. The third kappa shape index (κ3) is 5.66. The summed E-state index contributed by atoms with van der Waals surface area (Å²) in [6.45, 7) is 4.38. The highest BCUT2D eigenvalue weighted by Gasteiger charge is 2.36. The van der Waals surface area contributed by atoms with Crippen LogP contribution in [0.4, 0.5) is 10.1 Å². The first kappa shape index (κ1) is 25.6. The van der Waals surface area contributed by atoms with Crippen LogP contribution in [0.15, 0.2) is 57.9 Å². The third-order valence-corrected chi connectivity index (χ3v) is 8.07. The van der Waals surface area contributed by atoms with Crippen molar-refractivity contribution < 1.29 is 26.9 Å². The minimum atomic E-state index is -3.93. The van der Waals surface area contributed by atoms with Gasteiger partial charge in [-0.3, -0.25) is 4.79 Å². The van der Waals surface area contributed by atoms with Gasteiger partial charge < -0.3 is 14.6 Å². The fourth-order valence-corrected chi connectivity index (χ4v) is 5.83. The van der Waals surface area contributed by atoms with E-state index in [4.69, 9.17) is 9.26 Å². The van der Waals surface area contributed by atoms with Crippen LogP contribution in [-0.4, -0.2) is 43.5 Å². The molecule has 0 saturated carbocycles. The van der Waals surface area contributed by atoms with Gasteiger partial charge in [-0.15, -0.1) is 0 Å². The summed E-state index contributed by atoms with van der Waals surface area (Å²) < 4.78 is 52.8. The van der Waals surface area contributed by atoms with Crippen molar-refractivity contribution in [2.24, 2.45) is 5.92 Å². The topological polar surface area (TPSA) is 102 Å². The number of amides is 1. The van der Waals surface area contributed by atoms with Gasteiger partial charge in [0.25, 0.3) is 0 Å². The van der Waals surface area contributed by atoms with Crippen molar-refractivity contribution >= 4 is 33.8 Å². The van der Waals surface area contributed by atoms with Crippen LogP contribution in [0.1, 0.15) is 36.8 Å². The standard InChI is InChI=1S/C26H28FN3O5S/c1-3-34-22-11-9-21(10-12-22)28-26(31)20-14-16-30(17-15-20)36(32,33)25-18(2)29-35-24(25)13-8-19-6-4-5-7-23(19)27/h4-13,20H,3,14-17H2,1-2H3,(H,28,31). The Morgan fingerprint density at radius 2 is 1.86 bits per heavy atom. The molecular formula is C26H28FN3O5S. The molecule has 4 rings (SSSR count). The number of aromatic nitrogens is 1. The Kier molecular flexibility index (Phi) is 7.85. The molecule has 0 atom stereocenters. The Bertz CT molecular complexity index is 1340. The average molecular weight is 514 g/mol. The lowest BCUT2D eigenvalue weighted by molar-refractivity contribution is -0.120. The van der Waals surface area contributed by atoms with Crippen LogP contribution in [0.3, 0.4) is 0 Å².